The first-order valence-corrected chi connectivity index (χ1v) is 6.33. The summed E-state index contributed by atoms with van der Waals surface area (Å²) in [6.45, 7) is 3.16. The summed E-state index contributed by atoms with van der Waals surface area (Å²) in [6, 6.07) is 7.65. The highest BCUT2D eigenvalue weighted by molar-refractivity contribution is 7.80. The molecule has 0 amide bonds. The van der Waals surface area contributed by atoms with Crippen LogP contribution in [0, 0.1) is 0 Å². The zero-order chi connectivity index (χ0) is 12.3. The molecule has 1 unspecified atom stereocenters. The lowest BCUT2D eigenvalue weighted by Gasteiger charge is -2.34. The summed E-state index contributed by atoms with van der Waals surface area (Å²) in [6.07, 6.45) is 0. The molecule has 1 aromatic carbocycles. The third kappa shape index (κ3) is 3.16. The van der Waals surface area contributed by atoms with Crippen LogP contribution in [0.25, 0.3) is 0 Å². The Hall–Kier alpha value is -0.680. The second kappa shape index (κ2) is 5.78. The van der Waals surface area contributed by atoms with Crippen molar-refractivity contribution in [1.82, 2.24) is 4.90 Å². The van der Waals surface area contributed by atoms with Gasteiger partial charge in [-0.1, -0.05) is 36.0 Å². The predicted octanol–water partition coefficient (Wildman–Crippen LogP) is 2.00. The molecule has 1 aromatic rings. The fraction of sp³-hybridized carbons (Fsp3) is 0.417. The average molecular weight is 271 g/mol. The molecule has 92 valence electrons. The number of thiocarbonyl (C=S) groups is 1. The van der Waals surface area contributed by atoms with E-state index >= 15 is 0 Å². The van der Waals surface area contributed by atoms with Crippen LogP contribution in [0.15, 0.2) is 24.3 Å². The summed E-state index contributed by atoms with van der Waals surface area (Å²) >= 11 is 11.1. The van der Waals surface area contributed by atoms with Crippen LogP contribution in [-0.2, 0) is 4.74 Å². The normalized spacial score (nSPS) is 18.9. The van der Waals surface area contributed by atoms with Crippen molar-refractivity contribution in [3.8, 4) is 0 Å². The lowest BCUT2D eigenvalue weighted by atomic mass is 10.0. The van der Waals surface area contributed by atoms with Crippen molar-refractivity contribution >= 4 is 28.8 Å². The highest BCUT2D eigenvalue weighted by atomic mass is 35.5. The summed E-state index contributed by atoms with van der Waals surface area (Å²) in [5.41, 5.74) is 6.94. The Bertz CT molecular complexity index is 390. The molecule has 1 atom stereocenters. The minimum absolute atomic E-state index is 0.0221. The molecule has 0 bridgehead atoms. The van der Waals surface area contributed by atoms with Gasteiger partial charge in [-0.15, -0.1) is 0 Å². The van der Waals surface area contributed by atoms with Crippen LogP contribution in [0.2, 0.25) is 5.02 Å². The molecule has 0 saturated carbocycles. The van der Waals surface area contributed by atoms with Gasteiger partial charge in [-0.2, -0.15) is 0 Å². The second-order valence-electron chi connectivity index (χ2n) is 4.00. The molecule has 0 aliphatic carbocycles. The van der Waals surface area contributed by atoms with Crippen LogP contribution in [0.5, 0.6) is 0 Å². The van der Waals surface area contributed by atoms with Crippen molar-refractivity contribution in [2.45, 2.75) is 6.04 Å². The van der Waals surface area contributed by atoms with Gasteiger partial charge in [-0.25, -0.2) is 0 Å². The quantitative estimate of drug-likeness (QED) is 0.853. The van der Waals surface area contributed by atoms with E-state index in [4.69, 9.17) is 34.3 Å². The van der Waals surface area contributed by atoms with Crippen molar-refractivity contribution in [2.24, 2.45) is 5.73 Å². The van der Waals surface area contributed by atoms with Gasteiger partial charge in [0.15, 0.2) is 0 Å². The van der Waals surface area contributed by atoms with Gasteiger partial charge in [-0.05, 0) is 17.7 Å². The van der Waals surface area contributed by atoms with Gasteiger partial charge < -0.3 is 10.5 Å². The maximum absolute atomic E-state index is 5.88. The molecule has 1 heterocycles. The number of halogens is 1. The van der Waals surface area contributed by atoms with Crippen LogP contribution in [0.1, 0.15) is 11.6 Å². The highest BCUT2D eigenvalue weighted by Crippen LogP contribution is 2.23. The monoisotopic (exact) mass is 270 g/mol. The van der Waals surface area contributed by atoms with Crippen LogP contribution in [0.3, 0.4) is 0 Å². The third-order valence-corrected chi connectivity index (χ3v) is 3.34. The van der Waals surface area contributed by atoms with Gasteiger partial charge in [0.2, 0.25) is 0 Å². The lowest BCUT2D eigenvalue weighted by Crippen LogP contribution is -2.43. The summed E-state index contributed by atoms with van der Waals surface area (Å²) in [5, 5.41) is 0.720. The Labute approximate surface area is 111 Å². The van der Waals surface area contributed by atoms with Gasteiger partial charge in [-0.3, -0.25) is 4.90 Å². The first kappa shape index (κ1) is 12.8. The SMILES string of the molecule is NC(=S)C(c1ccc(Cl)cc1)N1CCOCC1. The fourth-order valence-electron chi connectivity index (χ4n) is 2.04. The Balaban J connectivity index is 2.21. The zero-order valence-corrected chi connectivity index (χ0v) is 11.0. The van der Waals surface area contributed by atoms with E-state index in [1.165, 1.54) is 0 Å². The lowest BCUT2D eigenvalue weighted by molar-refractivity contribution is 0.0289. The molecule has 0 radical (unpaired) electrons. The first-order chi connectivity index (χ1) is 8.18. The van der Waals surface area contributed by atoms with E-state index < -0.39 is 0 Å². The van der Waals surface area contributed by atoms with Crippen molar-refractivity contribution in [3.63, 3.8) is 0 Å². The number of hydrogen-bond donors (Lipinski definition) is 1. The van der Waals surface area contributed by atoms with E-state index in [1.54, 1.807) is 0 Å². The molecule has 2 N–H and O–H groups in total. The number of benzene rings is 1. The Morgan fingerprint density at radius 3 is 2.41 bits per heavy atom. The summed E-state index contributed by atoms with van der Waals surface area (Å²) in [4.78, 5) is 2.74. The Kier molecular flexibility index (Phi) is 4.34. The highest BCUT2D eigenvalue weighted by Gasteiger charge is 2.24. The maximum atomic E-state index is 5.88. The zero-order valence-electron chi connectivity index (χ0n) is 9.43. The van der Waals surface area contributed by atoms with Crippen molar-refractivity contribution in [1.29, 1.82) is 0 Å². The molecule has 3 nitrogen and oxygen atoms in total. The van der Waals surface area contributed by atoms with Gasteiger partial charge in [0.1, 0.15) is 0 Å². The maximum Gasteiger partial charge on any atom is 0.0948 e. The van der Waals surface area contributed by atoms with E-state index in [-0.39, 0.29) is 6.04 Å². The molecule has 1 aliphatic heterocycles. The Morgan fingerprint density at radius 1 is 1.29 bits per heavy atom. The van der Waals surface area contributed by atoms with Crippen molar-refractivity contribution < 1.29 is 4.74 Å². The summed E-state index contributed by atoms with van der Waals surface area (Å²) in [7, 11) is 0. The molecular weight excluding hydrogens is 256 g/mol. The van der Waals surface area contributed by atoms with Gasteiger partial charge in [0, 0.05) is 18.1 Å². The van der Waals surface area contributed by atoms with E-state index in [9.17, 15) is 0 Å². The van der Waals surface area contributed by atoms with Crippen molar-refractivity contribution in [2.75, 3.05) is 26.3 Å². The molecule has 0 aromatic heterocycles. The number of ether oxygens (including phenoxy) is 1. The molecular formula is C12H15ClN2OS. The average Bonchev–Trinajstić information content (AvgIpc) is 2.33. The van der Waals surface area contributed by atoms with Crippen molar-refractivity contribution in [3.05, 3.63) is 34.9 Å². The number of hydrogen-bond acceptors (Lipinski definition) is 3. The molecule has 1 fully saturated rings. The van der Waals surface area contributed by atoms with Gasteiger partial charge >= 0.3 is 0 Å². The molecule has 17 heavy (non-hydrogen) atoms. The minimum Gasteiger partial charge on any atom is -0.392 e. The standard InChI is InChI=1S/C12H15ClN2OS/c13-10-3-1-9(2-4-10)11(12(14)17)15-5-7-16-8-6-15/h1-4,11H,5-8H2,(H2,14,17). The number of morpholine rings is 1. The summed E-state index contributed by atoms with van der Waals surface area (Å²) in [5.74, 6) is 0. The molecule has 5 heteroatoms. The summed E-state index contributed by atoms with van der Waals surface area (Å²) < 4.78 is 5.34. The molecule has 2 rings (SSSR count). The first-order valence-electron chi connectivity index (χ1n) is 5.55. The van der Waals surface area contributed by atoms with Gasteiger partial charge in [0.25, 0.3) is 0 Å². The van der Waals surface area contributed by atoms with Crippen LogP contribution in [0.4, 0.5) is 0 Å². The number of nitrogens with zero attached hydrogens (tertiary/aromatic N) is 1. The minimum atomic E-state index is -0.0221. The largest absolute Gasteiger partial charge is 0.392 e. The third-order valence-electron chi connectivity index (χ3n) is 2.87. The smallest absolute Gasteiger partial charge is 0.0948 e. The van der Waals surface area contributed by atoms with E-state index in [2.05, 4.69) is 4.90 Å². The van der Waals surface area contributed by atoms with Crippen LogP contribution < -0.4 is 5.73 Å². The van der Waals surface area contributed by atoms with Crippen LogP contribution in [-0.4, -0.2) is 36.2 Å². The van der Waals surface area contributed by atoms with Crippen LogP contribution >= 0.6 is 23.8 Å². The number of nitrogens with two attached hydrogens (primary N) is 1. The Morgan fingerprint density at radius 2 is 1.88 bits per heavy atom. The van der Waals surface area contributed by atoms with E-state index in [0.29, 0.717) is 4.99 Å². The predicted molar refractivity (Wildman–Crippen MR) is 73.4 cm³/mol. The number of rotatable bonds is 3. The molecule has 1 aliphatic rings. The van der Waals surface area contributed by atoms with E-state index in [0.717, 1.165) is 36.9 Å². The second-order valence-corrected chi connectivity index (χ2v) is 4.91. The molecule has 1 saturated heterocycles. The van der Waals surface area contributed by atoms with E-state index in [1.807, 2.05) is 24.3 Å². The fourth-order valence-corrected chi connectivity index (χ4v) is 2.45. The van der Waals surface area contributed by atoms with Gasteiger partial charge in [0.05, 0.1) is 24.2 Å². The topological polar surface area (TPSA) is 38.5 Å². The molecule has 0 spiro atoms.